The molecule has 0 atom stereocenters. The summed E-state index contributed by atoms with van der Waals surface area (Å²) in [7, 11) is 1.61. The first-order valence-corrected chi connectivity index (χ1v) is 8.17. The van der Waals surface area contributed by atoms with Gasteiger partial charge in [0.1, 0.15) is 5.75 Å². The van der Waals surface area contributed by atoms with Crippen LogP contribution < -0.4 is 10.2 Å². The summed E-state index contributed by atoms with van der Waals surface area (Å²) >= 11 is 5.84. The molecule has 0 spiro atoms. The summed E-state index contributed by atoms with van der Waals surface area (Å²) in [5, 5.41) is 6.82. The quantitative estimate of drug-likeness (QED) is 0.552. The van der Waals surface area contributed by atoms with E-state index in [0.717, 1.165) is 21.9 Å². The lowest BCUT2D eigenvalue weighted by Gasteiger charge is -2.08. The number of benzene rings is 3. The zero-order valence-corrected chi connectivity index (χ0v) is 14.5. The minimum atomic E-state index is -0.197. The molecule has 0 saturated carbocycles. The van der Waals surface area contributed by atoms with Crippen molar-refractivity contribution in [3.05, 3.63) is 76.8 Å². The third kappa shape index (κ3) is 4.17. The molecule has 0 radical (unpaired) electrons. The van der Waals surface area contributed by atoms with E-state index in [4.69, 9.17) is 16.3 Å². The Labute approximate surface area is 151 Å². The van der Waals surface area contributed by atoms with Gasteiger partial charge in [-0.1, -0.05) is 54.1 Å². The molecule has 0 heterocycles. The van der Waals surface area contributed by atoms with E-state index in [-0.39, 0.29) is 12.3 Å². The number of halogens is 1. The maximum atomic E-state index is 12.0. The summed E-state index contributed by atoms with van der Waals surface area (Å²) in [6.45, 7) is 0. The standard InChI is InChI=1S/C20H17ClN2O2/c1-25-19-11-8-15-4-2-3-5-17(15)18(19)13-22-23-20(24)12-14-6-9-16(21)10-7-14/h2-11,13H,12H2,1H3,(H,23,24). The lowest BCUT2D eigenvalue weighted by atomic mass is 10.0. The van der Waals surface area contributed by atoms with Gasteiger partial charge < -0.3 is 4.74 Å². The smallest absolute Gasteiger partial charge is 0.244 e. The summed E-state index contributed by atoms with van der Waals surface area (Å²) in [5.41, 5.74) is 4.25. The minimum absolute atomic E-state index is 0.197. The number of amides is 1. The Hall–Kier alpha value is -2.85. The molecule has 4 nitrogen and oxygen atoms in total. The molecule has 3 aromatic rings. The van der Waals surface area contributed by atoms with Crippen LogP contribution in [-0.4, -0.2) is 19.2 Å². The van der Waals surface area contributed by atoms with E-state index in [9.17, 15) is 4.79 Å². The fraction of sp³-hybridized carbons (Fsp3) is 0.100. The van der Waals surface area contributed by atoms with Gasteiger partial charge in [0.05, 0.1) is 19.7 Å². The Bertz CT molecular complexity index is 921. The van der Waals surface area contributed by atoms with Gasteiger partial charge in [-0.3, -0.25) is 4.79 Å². The van der Waals surface area contributed by atoms with Crippen LogP contribution in [0.4, 0.5) is 0 Å². The predicted octanol–water partition coefficient (Wildman–Crippen LogP) is 4.19. The number of nitrogens with one attached hydrogen (secondary N) is 1. The van der Waals surface area contributed by atoms with Gasteiger partial charge in [0.15, 0.2) is 0 Å². The van der Waals surface area contributed by atoms with E-state index in [1.54, 1.807) is 25.5 Å². The second-order valence-electron chi connectivity index (χ2n) is 5.50. The van der Waals surface area contributed by atoms with E-state index < -0.39 is 0 Å². The van der Waals surface area contributed by atoms with E-state index in [1.807, 2.05) is 48.5 Å². The van der Waals surface area contributed by atoms with Crippen LogP contribution >= 0.6 is 11.6 Å². The molecule has 1 N–H and O–H groups in total. The molecule has 0 unspecified atom stereocenters. The number of ether oxygens (including phenoxy) is 1. The number of methoxy groups -OCH3 is 1. The van der Waals surface area contributed by atoms with Crippen molar-refractivity contribution in [2.24, 2.45) is 5.10 Å². The number of carbonyl (C=O) groups excluding carboxylic acids is 1. The molecule has 0 aliphatic carbocycles. The van der Waals surface area contributed by atoms with Crippen molar-refractivity contribution in [2.75, 3.05) is 7.11 Å². The van der Waals surface area contributed by atoms with Gasteiger partial charge in [0.25, 0.3) is 0 Å². The van der Waals surface area contributed by atoms with Crippen molar-refractivity contribution < 1.29 is 9.53 Å². The van der Waals surface area contributed by atoms with Gasteiger partial charge in [-0.05, 0) is 34.5 Å². The topological polar surface area (TPSA) is 50.7 Å². The van der Waals surface area contributed by atoms with Crippen LogP contribution in [0.25, 0.3) is 10.8 Å². The van der Waals surface area contributed by atoms with E-state index in [1.165, 1.54) is 0 Å². The van der Waals surface area contributed by atoms with Crippen molar-refractivity contribution in [1.82, 2.24) is 5.43 Å². The number of carbonyl (C=O) groups is 1. The molecular formula is C20H17ClN2O2. The lowest BCUT2D eigenvalue weighted by molar-refractivity contribution is -0.120. The monoisotopic (exact) mass is 352 g/mol. The van der Waals surface area contributed by atoms with Crippen LogP contribution in [-0.2, 0) is 11.2 Å². The highest BCUT2D eigenvalue weighted by Crippen LogP contribution is 2.26. The van der Waals surface area contributed by atoms with Crippen LogP contribution in [0.15, 0.2) is 65.8 Å². The molecule has 0 aliphatic rings. The van der Waals surface area contributed by atoms with Crippen molar-refractivity contribution in [3.8, 4) is 5.75 Å². The SMILES string of the molecule is COc1ccc2ccccc2c1C=NNC(=O)Cc1ccc(Cl)cc1. The summed E-state index contributed by atoms with van der Waals surface area (Å²) in [6, 6.07) is 19.0. The van der Waals surface area contributed by atoms with E-state index in [0.29, 0.717) is 10.8 Å². The Balaban J connectivity index is 1.74. The second kappa shape index (κ2) is 7.81. The molecule has 0 aromatic heterocycles. The molecule has 0 bridgehead atoms. The van der Waals surface area contributed by atoms with Crippen LogP contribution in [0.2, 0.25) is 5.02 Å². The third-order valence-electron chi connectivity index (χ3n) is 3.81. The van der Waals surface area contributed by atoms with Crippen molar-refractivity contribution >= 4 is 34.5 Å². The maximum absolute atomic E-state index is 12.0. The zero-order chi connectivity index (χ0) is 17.6. The van der Waals surface area contributed by atoms with Gasteiger partial charge in [0, 0.05) is 10.6 Å². The van der Waals surface area contributed by atoms with Crippen LogP contribution in [0, 0.1) is 0 Å². The Morgan fingerprint density at radius 1 is 1.12 bits per heavy atom. The average molecular weight is 353 g/mol. The van der Waals surface area contributed by atoms with Gasteiger partial charge in [-0.25, -0.2) is 5.43 Å². The highest BCUT2D eigenvalue weighted by atomic mass is 35.5. The largest absolute Gasteiger partial charge is 0.496 e. The van der Waals surface area contributed by atoms with Crippen LogP contribution in [0.3, 0.4) is 0 Å². The maximum Gasteiger partial charge on any atom is 0.244 e. The third-order valence-corrected chi connectivity index (χ3v) is 4.06. The van der Waals surface area contributed by atoms with Crippen LogP contribution in [0.1, 0.15) is 11.1 Å². The Morgan fingerprint density at radius 3 is 2.64 bits per heavy atom. The van der Waals surface area contributed by atoms with Gasteiger partial charge in [-0.2, -0.15) is 5.10 Å². The molecular weight excluding hydrogens is 336 g/mol. The number of fused-ring (bicyclic) bond motifs is 1. The van der Waals surface area contributed by atoms with Gasteiger partial charge in [0.2, 0.25) is 5.91 Å². The lowest BCUT2D eigenvalue weighted by Crippen LogP contribution is -2.19. The molecule has 126 valence electrons. The predicted molar refractivity (Wildman–Crippen MR) is 101 cm³/mol. The highest BCUT2D eigenvalue weighted by Gasteiger charge is 2.06. The van der Waals surface area contributed by atoms with Crippen molar-refractivity contribution in [1.29, 1.82) is 0 Å². The summed E-state index contributed by atoms with van der Waals surface area (Å²) in [5.74, 6) is 0.507. The zero-order valence-electron chi connectivity index (χ0n) is 13.7. The molecule has 3 aromatic carbocycles. The van der Waals surface area contributed by atoms with Crippen molar-refractivity contribution in [3.63, 3.8) is 0 Å². The first-order chi connectivity index (χ1) is 12.2. The Morgan fingerprint density at radius 2 is 1.88 bits per heavy atom. The molecule has 0 aliphatic heterocycles. The van der Waals surface area contributed by atoms with Gasteiger partial charge in [-0.15, -0.1) is 0 Å². The average Bonchev–Trinajstić information content (AvgIpc) is 2.63. The first kappa shape index (κ1) is 17.0. The number of hydrogen-bond acceptors (Lipinski definition) is 3. The van der Waals surface area contributed by atoms with Crippen molar-refractivity contribution in [2.45, 2.75) is 6.42 Å². The Kier molecular flexibility index (Phi) is 5.31. The highest BCUT2D eigenvalue weighted by molar-refractivity contribution is 6.30. The molecule has 25 heavy (non-hydrogen) atoms. The van der Waals surface area contributed by atoms with E-state index in [2.05, 4.69) is 10.5 Å². The summed E-state index contributed by atoms with van der Waals surface area (Å²) in [4.78, 5) is 12.0. The molecule has 0 fully saturated rings. The molecule has 3 rings (SSSR count). The fourth-order valence-corrected chi connectivity index (χ4v) is 2.71. The molecule has 5 heteroatoms. The second-order valence-corrected chi connectivity index (χ2v) is 5.94. The van der Waals surface area contributed by atoms with Crippen LogP contribution in [0.5, 0.6) is 5.75 Å². The minimum Gasteiger partial charge on any atom is -0.496 e. The van der Waals surface area contributed by atoms with E-state index >= 15 is 0 Å². The molecule has 0 saturated heterocycles. The first-order valence-electron chi connectivity index (χ1n) is 7.79. The molecule has 1 amide bonds. The fourth-order valence-electron chi connectivity index (χ4n) is 2.58. The number of hydrazone groups is 1. The summed E-state index contributed by atoms with van der Waals surface area (Å²) < 4.78 is 5.40. The summed E-state index contributed by atoms with van der Waals surface area (Å²) in [6.07, 6.45) is 1.85. The van der Waals surface area contributed by atoms with Gasteiger partial charge >= 0.3 is 0 Å². The normalized spacial score (nSPS) is 11.0. The number of hydrogen-bond donors (Lipinski definition) is 1. The number of nitrogens with zero attached hydrogens (tertiary/aromatic N) is 1. The number of rotatable bonds is 5.